The second kappa shape index (κ2) is 5.48. The van der Waals surface area contributed by atoms with Crippen LogP contribution in [0.5, 0.6) is 0 Å². The van der Waals surface area contributed by atoms with Crippen molar-refractivity contribution in [3.8, 4) is 0 Å². The van der Waals surface area contributed by atoms with Gasteiger partial charge in [-0.2, -0.15) is 5.10 Å². The van der Waals surface area contributed by atoms with Gasteiger partial charge in [0.05, 0.1) is 6.20 Å². The van der Waals surface area contributed by atoms with E-state index >= 15 is 0 Å². The van der Waals surface area contributed by atoms with Crippen molar-refractivity contribution in [2.45, 2.75) is 26.8 Å². The first-order valence-corrected chi connectivity index (χ1v) is 6.70. The van der Waals surface area contributed by atoms with E-state index < -0.39 is 0 Å². The largest absolute Gasteiger partial charge is 0.294 e. The molecule has 3 nitrogen and oxygen atoms in total. The predicted octanol–water partition coefficient (Wildman–Crippen LogP) is 3.40. The highest BCUT2D eigenvalue weighted by molar-refractivity contribution is 9.10. The quantitative estimate of drug-likeness (QED) is 0.812. The number of Topliss-reactive ketones (excluding diaryl/α,β-unsaturated/α-hetero) is 1. The van der Waals surface area contributed by atoms with Crippen molar-refractivity contribution in [1.82, 2.24) is 9.78 Å². The van der Waals surface area contributed by atoms with Gasteiger partial charge in [-0.1, -0.05) is 22.0 Å². The summed E-state index contributed by atoms with van der Waals surface area (Å²) in [6.07, 6.45) is 4.08. The zero-order chi connectivity index (χ0) is 13.1. The Balaban J connectivity index is 2.19. The zero-order valence-electron chi connectivity index (χ0n) is 10.5. The highest BCUT2D eigenvalue weighted by Gasteiger charge is 2.11. The van der Waals surface area contributed by atoms with Crippen molar-refractivity contribution < 1.29 is 4.79 Å². The van der Waals surface area contributed by atoms with Crippen LogP contribution in [-0.4, -0.2) is 15.6 Å². The van der Waals surface area contributed by atoms with E-state index in [-0.39, 0.29) is 5.78 Å². The van der Waals surface area contributed by atoms with Gasteiger partial charge < -0.3 is 0 Å². The fraction of sp³-hybridized carbons (Fsp3) is 0.286. The maximum atomic E-state index is 12.2. The van der Waals surface area contributed by atoms with Gasteiger partial charge in [-0.25, -0.2) is 0 Å². The number of hydrogen-bond donors (Lipinski definition) is 0. The van der Waals surface area contributed by atoms with Crippen molar-refractivity contribution in [2.24, 2.45) is 0 Å². The number of benzene rings is 1. The van der Waals surface area contributed by atoms with E-state index in [0.717, 1.165) is 27.7 Å². The molecule has 2 rings (SSSR count). The molecule has 0 N–H and O–H groups in total. The minimum atomic E-state index is 0.129. The fourth-order valence-electron chi connectivity index (χ4n) is 1.85. The van der Waals surface area contributed by atoms with E-state index in [1.807, 2.05) is 42.9 Å². The van der Waals surface area contributed by atoms with Crippen LogP contribution in [0.25, 0.3) is 0 Å². The third kappa shape index (κ3) is 2.88. The first kappa shape index (κ1) is 13.0. The van der Waals surface area contributed by atoms with Crippen molar-refractivity contribution >= 4 is 21.7 Å². The summed E-state index contributed by atoms with van der Waals surface area (Å²) in [7, 11) is 0. The average molecular weight is 307 g/mol. The van der Waals surface area contributed by atoms with Gasteiger partial charge in [0.1, 0.15) is 0 Å². The van der Waals surface area contributed by atoms with Crippen LogP contribution in [0.2, 0.25) is 0 Å². The van der Waals surface area contributed by atoms with Gasteiger partial charge in [0, 0.05) is 29.2 Å². The van der Waals surface area contributed by atoms with E-state index in [0.29, 0.717) is 6.42 Å². The van der Waals surface area contributed by atoms with E-state index in [9.17, 15) is 4.79 Å². The van der Waals surface area contributed by atoms with Crippen LogP contribution in [0.1, 0.15) is 28.4 Å². The highest BCUT2D eigenvalue weighted by Crippen LogP contribution is 2.18. The maximum absolute atomic E-state index is 12.2. The second-order valence-corrected chi connectivity index (χ2v) is 5.18. The molecule has 0 bridgehead atoms. The molecule has 0 saturated heterocycles. The molecule has 94 valence electrons. The molecule has 0 radical (unpaired) electrons. The van der Waals surface area contributed by atoms with Gasteiger partial charge in [0.25, 0.3) is 0 Å². The van der Waals surface area contributed by atoms with Crippen LogP contribution < -0.4 is 0 Å². The molecule has 0 atom stereocenters. The maximum Gasteiger partial charge on any atom is 0.167 e. The number of ketones is 1. The lowest BCUT2D eigenvalue weighted by Gasteiger charge is -2.04. The number of aryl methyl sites for hydroxylation is 2. The monoisotopic (exact) mass is 306 g/mol. The van der Waals surface area contributed by atoms with Gasteiger partial charge in [-0.15, -0.1) is 0 Å². The van der Waals surface area contributed by atoms with Gasteiger partial charge in [0.2, 0.25) is 0 Å². The van der Waals surface area contributed by atoms with Gasteiger partial charge in [-0.3, -0.25) is 9.48 Å². The fourth-order valence-corrected chi connectivity index (χ4v) is 2.21. The summed E-state index contributed by atoms with van der Waals surface area (Å²) >= 11 is 3.40. The number of nitrogens with zero attached hydrogens (tertiary/aromatic N) is 2. The second-order valence-electron chi connectivity index (χ2n) is 4.26. The summed E-state index contributed by atoms with van der Waals surface area (Å²) in [5.41, 5.74) is 2.74. The van der Waals surface area contributed by atoms with Crippen LogP contribution in [0.4, 0.5) is 0 Å². The Labute approximate surface area is 115 Å². The molecule has 0 saturated carbocycles. The van der Waals surface area contributed by atoms with E-state index in [2.05, 4.69) is 21.0 Å². The Morgan fingerprint density at radius 3 is 2.89 bits per heavy atom. The number of hydrogen-bond acceptors (Lipinski definition) is 2. The van der Waals surface area contributed by atoms with Crippen molar-refractivity contribution in [1.29, 1.82) is 0 Å². The van der Waals surface area contributed by atoms with Crippen molar-refractivity contribution in [3.63, 3.8) is 0 Å². The Bertz CT molecular complexity index is 575. The molecule has 2 aromatic rings. The molecular weight excluding hydrogens is 292 g/mol. The van der Waals surface area contributed by atoms with Crippen LogP contribution in [0.3, 0.4) is 0 Å². The van der Waals surface area contributed by atoms with Crippen molar-refractivity contribution in [2.75, 3.05) is 0 Å². The molecule has 1 aromatic heterocycles. The summed E-state index contributed by atoms with van der Waals surface area (Å²) in [4.78, 5) is 12.2. The zero-order valence-corrected chi connectivity index (χ0v) is 12.1. The number of aromatic nitrogens is 2. The summed E-state index contributed by atoms with van der Waals surface area (Å²) in [5, 5.41) is 4.18. The van der Waals surface area contributed by atoms with Crippen molar-refractivity contribution in [3.05, 3.63) is 51.8 Å². The van der Waals surface area contributed by atoms with Gasteiger partial charge in [-0.05, 0) is 37.1 Å². The Hall–Kier alpha value is -1.42. The molecule has 0 fully saturated rings. The van der Waals surface area contributed by atoms with E-state index in [1.54, 1.807) is 6.20 Å². The summed E-state index contributed by atoms with van der Waals surface area (Å²) in [5.74, 6) is 0.129. The lowest BCUT2D eigenvalue weighted by molar-refractivity contribution is 0.0992. The Kier molecular flexibility index (Phi) is 3.97. The third-order valence-corrected chi connectivity index (χ3v) is 3.37. The molecular formula is C14H15BrN2O. The molecule has 4 heteroatoms. The molecule has 1 heterocycles. The predicted molar refractivity (Wildman–Crippen MR) is 74.8 cm³/mol. The topological polar surface area (TPSA) is 34.9 Å². The molecule has 18 heavy (non-hydrogen) atoms. The third-order valence-electron chi connectivity index (χ3n) is 2.88. The smallest absolute Gasteiger partial charge is 0.167 e. The molecule has 0 aliphatic rings. The molecule has 0 amide bonds. The lowest BCUT2D eigenvalue weighted by atomic mass is 10.0. The molecule has 0 unspecified atom stereocenters. The summed E-state index contributed by atoms with van der Waals surface area (Å²) in [6, 6.07) is 5.77. The first-order valence-electron chi connectivity index (χ1n) is 5.91. The van der Waals surface area contributed by atoms with Crippen LogP contribution in [0.15, 0.2) is 35.1 Å². The molecule has 1 aromatic carbocycles. The summed E-state index contributed by atoms with van der Waals surface area (Å²) < 4.78 is 2.76. The van der Waals surface area contributed by atoms with E-state index in [1.165, 1.54) is 0 Å². The number of rotatable bonds is 4. The number of halogens is 1. The molecule has 0 aliphatic carbocycles. The van der Waals surface area contributed by atoms with E-state index in [4.69, 9.17) is 0 Å². The minimum Gasteiger partial charge on any atom is -0.294 e. The van der Waals surface area contributed by atoms with Gasteiger partial charge in [0.15, 0.2) is 5.78 Å². The Morgan fingerprint density at radius 2 is 2.22 bits per heavy atom. The van der Waals surface area contributed by atoms with Crippen LogP contribution >= 0.6 is 15.9 Å². The average Bonchev–Trinajstić information content (AvgIpc) is 2.80. The minimum absolute atomic E-state index is 0.129. The highest BCUT2D eigenvalue weighted by atomic mass is 79.9. The summed E-state index contributed by atoms with van der Waals surface area (Å²) in [6.45, 7) is 4.80. The normalized spacial score (nSPS) is 10.6. The Morgan fingerprint density at radius 1 is 1.44 bits per heavy atom. The van der Waals surface area contributed by atoms with Crippen LogP contribution in [0, 0.1) is 6.92 Å². The standard InChI is InChI=1S/C14H15BrN2O/c1-3-17-9-11(8-16-17)6-14(18)13-7-12(15)5-4-10(13)2/h4-5,7-9H,3,6H2,1-2H3. The number of carbonyl (C=O) groups excluding carboxylic acids is 1. The first-order chi connectivity index (χ1) is 8.60. The van der Waals surface area contributed by atoms with Crippen LogP contribution in [-0.2, 0) is 13.0 Å². The lowest BCUT2D eigenvalue weighted by Crippen LogP contribution is -2.05. The SMILES string of the molecule is CCn1cc(CC(=O)c2cc(Br)ccc2C)cn1. The number of carbonyl (C=O) groups is 1. The molecule has 0 spiro atoms. The molecule has 0 aliphatic heterocycles. The van der Waals surface area contributed by atoms with Gasteiger partial charge >= 0.3 is 0 Å².